The molecule has 128 valence electrons. The van der Waals surface area contributed by atoms with Crippen LogP contribution in [0.5, 0.6) is 0 Å². The van der Waals surface area contributed by atoms with Gasteiger partial charge in [0.1, 0.15) is 5.71 Å². The summed E-state index contributed by atoms with van der Waals surface area (Å²) >= 11 is 9.73. The molecule has 0 aliphatic heterocycles. The van der Waals surface area contributed by atoms with Crippen LogP contribution in [0.4, 0.5) is 0 Å². The number of hydrazone groups is 1. The quantitative estimate of drug-likeness (QED) is 0.497. The van der Waals surface area contributed by atoms with Gasteiger partial charge in [-0.2, -0.15) is 16.9 Å². The first-order valence-corrected chi connectivity index (χ1v) is 11.0. The number of rotatable bonds is 6. The van der Waals surface area contributed by atoms with Crippen molar-refractivity contribution < 1.29 is 0 Å². The van der Waals surface area contributed by atoms with Gasteiger partial charge in [-0.25, -0.2) is 0 Å². The van der Waals surface area contributed by atoms with E-state index in [4.69, 9.17) is 16.7 Å². The van der Waals surface area contributed by atoms with Crippen molar-refractivity contribution in [2.75, 3.05) is 6.26 Å². The zero-order valence-electron chi connectivity index (χ0n) is 13.9. The maximum Gasteiger partial charge on any atom is 0.107 e. The molecular weight excluding hydrogens is 356 g/mol. The molecule has 0 saturated heterocycles. The third kappa shape index (κ3) is 4.78. The maximum absolute atomic E-state index is 6.05. The minimum Gasteiger partial charge on any atom is -0.306 e. The van der Waals surface area contributed by atoms with Gasteiger partial charge in [0.25, 0.3) is 0 Å². The van der Waals surface area contributed by atoms with E-state index in [1.807, 2.05) is 35.2 Å². The highest BCUT2D eigenvalue weighted by Crippen LogP contribution is 2.25. The summed E-state index contributed by atoms with van der Waals surface area (Å²) in [5.74, 6) is 1.05. The first kappa shape index (κ1) is 17.8. The van der Waals surface area contributed by atoms with Crippen molar-refractivity contribution in [1.82, 2.24) is 5.43 Å². The standard InChI is InChI=1S/C19H23ClN2S2/c1-23-13-17-11-12-18(24-17)19(14-7-9-15(20)10-8-14)22-21-16-5-3-2-4-6-16/h7-12,16,21H,2-6,13H2,1H3. The van der Waals surface area contributed by atoms with Crippen LogP contribution in [0, 0.1) is 0 Å². The van der Waals surface area contributed by atoms with Gasteiger partial charge in [0, 0.05) is 27.3 Å². The molecule has 1 fully saturated rings. The lowest BCUT2D eigenvalue weighted by Crippen LogP contribution is -2.28. The number of thiophene rings is 1. The Bertz CT molecular complexity index is 673. The number of benzene rings is 1. The molecule has 0 unspecified atom stereocenters. The Labute approximate surface area is 157 Å². The lowest BCUT2D eigenvalue weighted by Gasteiger charge is -2.21. The smallest absolute Gasteiger partial charge is 0.107 e. The molecule has 1 aliphatic carbocycles. The van der Waals surface area contributed by atoms with Crippen molar-refractivity contribution in [3.8, 4) is 0 Å². The molecule has 1 aliphatic rings. The fraction of sp³-hybridized carbons (Fsp3) is 0.421. The van der Waals surface area contributed by atoms with Gasteiger partial charge in [-0.05, 0) is 43.4 Å². The van der Waals surface area contributed by atoms with Gasteiger partial charge in [0.15, 0.2) is 0 Å². The monoisotopic (exact) mass is 378 g/mol. The summed E-state index contributed by atoms with van der Waals surface area (Å²) < 4.78 is 0. The predicted octanol–water partition coefficient (Wildman–Crippen LogP) is 5.94. The molecule has 2 aromatic rings. The SMILES string of the molecule is CSCc1ccc(C(=NNC2CCCCC2)c2ccc(Cl)cc2)s1. The van der Waals surface area contributed by atoms with Gasteiger partial charge in [-0.3, -0.25) is 0 Å². The van der Waals surface area contributed by atoms with E-state index in [-0.39, 0.29) is 0 Å². The minimum absolute atomic E-state index is 0.506. The normalized spacial score (nSPS) is 16.3. The van der Waals surface area contributed by atoms with Gasteiger partial charge in [-0.1, -0.05) is 43.0 Å². The Morgan fingerprint density at radius 1 is 1.17 bits per heavy atom. The average molecular weight is 379 g/mol. The molecule has 0 atom stereocenters. The molecule has 1 aromatic carbocycles. The van der Waals surface area contributed by atoms with E-state index in [9.17, 15) is 0 Å². The maximum atomic E-state index is 6.05. The molecule has 1 N–H and O–H groups in total. The molecule has 2 nitrogen and oxygen atoms in total. The number of hydrogen-bond donors (Lipinski definition) is 1. The Morgan fingerprint density at radius 3 is 2.62 bits per heavy atom. The van der Waals surface area contributed by atoms with Crippen LogP contribution in [0.15, 0.2) is 41.5 Å². The predicted molar refractivity (Wildman–Crippen MR) is 109 cm³/mol. The topological polar surface area (TPSA) is 24.4 Å². The van der Waals surface area contributed by atoms with E-state index in [2.05, 4.69) is 35.9 Å². The summed E-state index contributed by atoms with van der Waals surface area (Å²) in [5.41, 5.74) is 5.57. The number of halogens is 1. The van der Waals surface area contributed by atoms with Crippen molar-refractivity contribution in [2.45, 2.75) is 43.9 Å². The van der Waals surface area contributed by atoms with E-state index in [0.717, 1.165) is 22.1 Å². The summed E-state index contributed by atoms with van der Waals surface area (Å²) in [5, 5.41) is 5.58. The Hall–Kier alpha value is -0.970. The van der Waals surface area contributed by atoms with Crippen molar-refractivity contribution in [1.29, 1.82) is 0 Å². The third-order valence-corrected chi connectivity index (χ3v) is 6.39. The van der Waals surface area contributed by atoms with Gasteiger partial charge in [-0.15, -0.1) is 11.3 Å². The molecule has 0 bridgehead atoms. The second-order valence-corrected chi connectivity index (χ2v) is 8.60. The molecule has 0 amide bonds. The van der Waals surface area contributed by atoms with E-state index in [0.29, 0.717) is 6.04 Å². The van der Waals surface area contributed by atoms with Gasteiger partial charge in [0.05, 0.1) is 4.88 Å². The number of nitrogens with one attached hydrogen (secondary N) is 1. The van der Waals surface area contributed by atoms with E-state index in [1.165, 1.54) is 41.9 Å². The van der Waals surface area contributed by atoms with Crippen molar-refractivity contribution in [2.24, 2.45) is 5.10 Å². The first-order valence-electron chi connectivity index (χ1n) is 8.43. The van der Waals surface area contributed by atoms with E-state index < -0.39 is 0 Å². The number of nitrogens with zero attached hydrogens (tertiary/aromatic N) is 1. The Morgan fingerprint density at radius 2 is 1.92 bits per heavy atom. The summed E-state index contributed by atoms with van der Waals surface area (Å²) in [4.78, 5) is 2.60. The van der Waals surface area contributed by atoms with Crippen LogP contribution in [0.25, 0.3) is 0 Å². The van der Waals surface area contributed by atoms with Crippen LogP contribution in [0.1, 0.15) is 47.4 Å². The lowest BCUT2D eigenvalue weighted by atomic mass is 9.96. The highest BCUT2D eigenvalue weighted by atomic mass is 35.5. The summed E-state index contributed by atoms with van der Waals surface area (Å²) in [6.45, 7) is 0. The Kier molecular flexibility index (Phi) is 6.64. The van der Waals surface area contributed by atoms with Crippen LogP contribution >= 0.6 is 34.7 Å². The number of hydrogen-bond acceptors (Lipinski definition) is 4. The van der Waals surface area contributed by atoms with Gasteiger partial charge < -0.3 is 5.43 Å². The highest BCUT2D eigenvalue weighted by molar-refractivity contribution is 7.97. The van der Waals surface area contributed by atoms with Crippen molar-refractivity contribution in [3.63, 3.8) is 0 Å². The van der Waals surface area contributed by atoms with E-state index >= 15 is 0 Å². The molecule has 0 spiro atoms. The highest BCUT2D eigenvalue weighted by Gasteiger charge is 2.15. The lowest BCUT2D eigenvalue weighted by molar-refractivity contribution is 0.381. The van der Waals surface area contributed by atoms with Gasteiger partial charge in [0.2, 0.25) is 0 Å². The van der Waals surface area contributed by atoms with Crippen LogP contribution in [0.2, 0.25) is 5.02 Å². The molecule has 1 heterocycles. The zero-order chi connectivity index (χ0) is 16.8. The van der Waals surface area contributed by atoms with Gasteiger partial charge >= 0.3 is 0 Å². The molecule has 3 rings (SSSR count). The third-order valence-electron chi connectivity index (χ3n) is 4.26. The molecule has 1 aromatic heterocycles. The molecule has 1 saturated carbocycles. The van der Waals surface area contributed by atoms with Crippen LogP contribution < -0.4 is 5.43 Å². The largest absolute Gasteiger partial charge is 0.306 e. The summed E-state index contributed by atoms with van der Waals surface area (Å²) in [6, 6.07) is 12.9. The molecule has 24 heavy (non-hydrogen) atoms. The van der Waals surface area contributed by atoms with Crippen molar-refractivity contribution in [3.05, 3.63) is 56.7 Å². The van der Waals surface area contributed by atoms with Crippen LogP contribution in [-0.2, 0) is 5.75 Å². The number of thioether (sulfide) groups is 1. The van der Waals surface area contributed by atoms with E-state index in [1.54, 1.807) is 0 Å². The average Bonchev–Trinajstić information content (AvgIpc) is 3.06. The second kappa shape index (κ2) is 8.93. The fourth-order valence-electron chi connectivity index (χ4n) is 2.98. The Balaban J connectivity index is 1.85. The summed E-state index contributed by atoms with van der Waals surface area (Å²) in [6.07, 6.45) is 8.55. The zero-order valence-corrected chi connectivity index (χ0v) is 16.3. The van der Waals surface area contributed by atoms with Crippen LogP contribution in [-0.4, -0.2) is 18.0 Å². The molecular formula is C19H23ClN2S2. The first-order chi connectivity index (χ1) is 11.8. The molecule has 5 heteroatoms. The summed E-state index contributed by atoms with van der Waals surface area (Å²) in [7, 11) is 0. The second-order valence-electron chi connectivity index (χ2n) is 6.13. The minimum atomic E-state index is 0.506. The fourth-order valence-corrected chi connectivity index (χ4v) is 4.89. The molecule has 0 radical (unpaired) electrons. The van der Waals surface area contributed by atoms with Crippen LogP contribution in [0.3, 0.4) is 0 Å². The van der Waals surface area contributed by atoms with Crippen molar-refractivity contribution >= 4 is 40.4 Å².